The predicted octanol–water partition coefficient (Wildman–Crippen LogP) is 5.33. The normalized spacial score (nSPS) is 11.1. The van der Waals surface area contributed by atoms with Crippen molar-refractivity contribution >= 4 is 59.2 Å². The second-order valence-corrected chi connectivity index (χ2v) is 5.78. The Morgan fingerprint density at radius 3 is 2.53 bits per heavy atom. The Bertz CT molecular complexity index is 793. The van der Waals surface area contributed by atoms with Crippen molar-refractivity contribution in [3.8, 4) is 0 Å². The lowest BCUT2D eigenvalue weighted by Gasteiger charge is -2.10. The number of fused-ring (bicyclic) bond motifs is 3. The van der Waals surface area contributed by atoms with E-state index in [1.54, 1.807) is 0 Å². The maximum Gasteiger partial charge on any atom is 0.174 e. The molecule has 94 valence electrons. The van der Waals surface area contributed by atoms with Crippen molar-refractivity contribution in [3.63, 3.8) is 0 Å². The van der Waals surface area contributed by atoms with Gasteiger partial charge in [-0.1, -0.05) is 74.3 Å². The van der Waals surface area contributed by atoms with Crippen molar-refractivity contribution in [1.82, 2.24) is 0 Å². The van der Waals surface area contributed by atoms with Crippen LogP contribution in [0.2, 0.25) is 0 Å². The SMILES string of the molecule is O=C(CBr)c1cccc2c(Br)cc3ccccc3c12. The van der Waals surface area contributed by atoms with Gasteiger partial charge in [-0.25, -0.2) is 0 Å². The van der Waals surface area contributed by atoms with Crippen LogP contribution in [0.5, 0.6) is 0 Å². The van der Waals surface area contributed by atoms with Crippen LogP contribution in [0.3, 0.4) is 0 Å². The molecule has 0 spiro atoms. The zero-order valence-corrected chi connectivity index (χ0v) is 13.2. The highest BCUT2D eigenvalue weighted by atomic mass is 79.9. The fourth-order valence-corrected chi connectivity index (χ4v) is 3.29. The molecule has 0 aromatic heterocycles. The fraction of sp³-hybridized carbons (Fsp3) is 0.0625. The van der Waals surface area contributed by atoms with E-state index in [4.69, 9.17) is 0 Å². The first-order chi connectivity index (χ1) is 9.22. The summed E-state index contributed by atoms with van der Waals surface area (Å²) < 4.78 is 1.02. The summed E-state index contributed by atoms with van der Waals surface area (Å²) in [6.07, 6.45) is 0. The smallest absolute Gasteiger partial charge is 0.174 e. The first-order valence-corrected chi connectivity index (χ1v) is 7.83. The minimum atomic E-state index is 0.105. The summed E-state index contributed by atoms with van der Waals surface area (Å²) >= 11 is 6.86. The van der Waals surface area contributed by atoms with E-state index < -0.39 is 0 Å². The molecule has 3 rings (SSSR count). The van der Waals surface area contributed by atoms with Gasteiger partial charge in [0.15, 0.2) is 5.78 Å². The van der Waals surface area contributed by atoms with E-state index in [-0.39, 0.29) is 5.78 Å². The number of carbonyl (C=O) groups excluding carboxylic acids is 1. The number of ketones is 1. The standard InChI is InChI=1S/C16H10Br2O/c17-9-15(19)13-7-3-6-12-14(18)8-10-4-1-2-5-11(10)16(12)13/h1-8H,9H2. The molecule has 0 aliphatic carbocycles. The molecule has 0 heterocycles. The number of Topliss-reactive ketones (excluding diaryl/α,β-unsaturated/α-hetero) is 1. The van der Waals surface area contributed by atoms with Gasteiger partial charge in [0, 0.05) is 15.4 Å². The molecule has 1 nitrogen and oxygen atoms in total. The summed E-state index contributed by atoms with van der Waals surface area (Å²) in [7, 11) is 0. The largest absolute Gasteiger partial charge is 0.293 e. The second kappa shape index (κ2) is 5.06. The van der Waals surface area contributed by atoms with Gasteiger partial charge in [-0.3, -0.25) is 4.79 Å². The molecule has 19 heavy (non-hydrogen) atoms. The number of hydrogen-bond donors (Lipinski definition) is 0. The number of rotatable bonds is 2. The van der Waals surface area contributed by atoms with Gasteiger partial charge in [-0.2, -0.15) is 0 Å². The highest BCUT2D eigenvalue weighted by Crippen LogP contribution is 2.34. The molecule has 0 aliphatic heterocycles. The predicted molar refractivity (Wildman–Crippen MR) is 87.3 cm³/mol. The first-order valence-electron chi connectivity index (χ1n) is 5.91. The van der Waals surface area contributed by atoms with Crippen LogP contribution in [0.25, 0.3) is 21.5 Å². The van der Waals surface area contributed by atoms with Gasteiger partial charge in [0.2, 0.25) is 0 Å². The summed E-state index contributed by atoms with van der Waals surface area (Å²) in [5, 5.41) is 4.69. The van der Waals surface area contributed by atoms with E-state index in [1.807, 2.05) is 30.3 Å². The molecule has 0 atom stereocenters. The fourth-order valence-electron chi connectivity index (χ4n) is 2.41. The molecule has 3 aromatic carbocycles. The van der Waals surface area contributed by atoms with Crippen LogP contribution in [0.4, 0.5) is 0 Å². The quantitative estimate of drug-likeness (QED) is 0.335. The van der Waals surface area contributed by atoms with Crippen LogP contribution in [0.15, 0.2) is 53.0 Å². The van der Waals surface area contributed by atoms with E-state index in [0.717, 1.165) is 31.6 Å². The van der Waals surface area contributed by atoms with Gasteiger partial charge < -0.3 is 0 Å². The molecule has 3 heteroatoms. The highest BCUT2D eigenvalue weighted by molar-refractivity contribution is 9.10. The zero-order chi connectivity index (χ0) is 13.4. The van der Waals surface area contributed by atoms with Crippen LogP contribution in [-0.4, -0.2) is 11.1 Å². The topological polar surface area (TPSA) is 17.1 Å². The van der Waals surface area contributed by atoms with Crippen LogP contribution in [-0.2, 0) is 0 Å². The molecule has 0 fully saturated rings. The van der Waals surface area contributed by atoms with Crippen molar-refractivity contribution in [2.45, 2.75) is 0 Å². The third-order valence-corrected chi connectivity index (χ3v) is 4.42. The van der Waals surface area contributed by atoms with Gasteiger partial charge >= 0.3 is 0 Å². The molecule has 3 aromatic rings. The summed E-state index contributed by atoms with van der Waals surface area (Å²) in [4.78, 5) is 12.1. The van der Waals surface area contributed by atoms with Gasteiger partial charge in [0.25, 0.3) is 0 Å². The van der Waals surface area contributed by atoms with Gasteiger partial charge in [-0.15, -0.1) is 0 Å². The maximum absolute atomic E-state index is 12.1. The van der Waals surface area contributed by atoms with Crippen LogP contribution >= 0.6 is 31.9 Å². The number of alkyl halides is 1. The molecular formula is C16H10Br2O. The molecule has 0 aliphatic rings. The van der Waals surface area contributed by atoms with Crippen molar-refractivity contribution < 1.29 is 4.79 Å². The molecule has 0 unspecified atom stereocenters. The molecular weight excluding hydrogens is 368 g/mol. The van der Waals surface area contributed by atoms with Crippen molar-refractivity contribution in [3.05, 3.63) is 58.6 Å². The monoisotopic (exact) mass is 376 g/mol. The average molecular weight is 378 g/mol. The minimum absolute atomic E-state index is 0.105. The maximum atomic E-state index is 12.1. The van der Waals surface area contributed by atoms with Gasteiger partial charge in [0.1, 0.15) is 0 Å². The van der Waals surface area contributed by atoms with Crippen molar-refractivity contribution in [2.75, 3.05) is 5.33 Å². The molecule has 0 radical (unpaired) electrons. The third-order valence-electron chi connectivity index (χ3n) is 3.26. The van der Waals surface area contributed by atoms with E-state index in [0.29, 0.717) is 5.33 Å². The summed E-state index contributed by atoms with van der Waals surface area (Å²) in [6.45, 7) is 0. The molecule has 0 saturated heterocycles. The molecule has 0 saturated carbocycles. The van der Waals surface area contributed by atoms with Crippen molar-refractivity contribution in [2.24, 2.45) is 0 Å². The Hall–Kier alpha value is -1.19. The lowest BCUT2D eigenvalue weighted by molar-refractivity contribution is 0.102. The Labute approximate surface area is 127 Å². The van der Waals surface area contributed by atoms with Gasteiger partial charge in [-0.05, 0) is 22.2 Å². The van der Waals surface area contributed by atoms with E-state index in [2.05, 4.69) is 50.1 Å². The van der Waals surface area contributed by atoms with E-state index in [9.17, 15) is 4.79 Å². The van der Waals surface area contributed by atoms with Crippen LogP contribution in [0, 0.1) is 0 Å². The minimum Gasteiger partial charge on any atom is -0.293 e. The number of halogens is 2. The lowest BCUT2D eigenvalue weighted by Crippen LogP contribution is -2.01. The summed E-state index contributed by atoms with van der Waals surface area (Å²) in [5.41, 5.74) is 0.770. The van der Waals surface area contributed by atoms with E-state index in [1.165, 1.54) is 0 Å². The molecule has 0 bridgehead atoms. The lowest BCUT2D eigenvalue weighted by atomic mass is 9.96. The van der Waals surface area contributed by atoms with Gasteiger partial charge in [0.05, 0.1) is 5.33 Å². The Morgan fingerprint density at radius 1 is 1.00 bits per heavy atom. The average Bonchev–Trinajstić information content (AvgIpc) is 2.46. The van der Waals surface area contributed by atoms with Crippen LogP contribution < -0.4 is 0 Å². The number of carbonyl (C=O) groups is 1. The molecule has 0 N–H and O–H groups in total. The summed E-state index contributed by atoms with van der Waals surface area (Å²) in [5.74, 6) is 0.105. The first kappa shape index (κ1) is 12.8. The zero-order valence-electron chi connectivity index (χ0n) is 9.99. The van der Waals surface area contributed by atoms with Crippen molar-refractivity contribution in [1.29, 1.82) is 0 Å². The number of benzene rings is 3. The second-order valence-electron chi connectivity index (χ2n) is 4.36. The number of hydrogen-bond acceptors (Lipinski definition) is 1. The van der Waals surface area contributed by atoms with E-state index >= 15 is 0 Å². The Kier molecular flexibility index (Phi) is 3.42. The third kappa shape index (κ3) is 2.11. The van der Waals surface area contributed by atoms with Crippen LogP contribution in [0.1, 0.15) is 10.4 Å². The highest BCUT2D eigenvalue weighted by Gasteiger charge is 2.13. The Morgan fingerprint density at radius 2 is 1.74 bits per heavy atom. The summed E-state index contributed by atoms with van der Waals surface area (Å²) in [6, 6.07) is 16.1. The molecule has 0 amide bonds. The Balaban J connectivity index is 2.55.